The van der Waals surface area contributed by atoms with Crippen molar-refractivity contribution in [2.24, 2.45) is 0 Å². The van der Waals surface area contributed by atoms with Gasteiger partial charge in [-0.3, -0.25) is 4.98 Å². The van der Waals surface area contributed by atoms with Crippen molar-refractivity contribution in [1.82, 2.24) is 19.9 Å². The maximum atomic E-state index is 12.5. The second-order valence-corrected chi connectivity index (χ2v) is 5.92. The van der Waals surface area contributed by atoms with Crippen molar-refractivity contribution in [2.45, 2.75) is 12.7 Å². The van der Waals surface area contributed by atoms with E-state index in [4.69, 9.17) is 11.6 Å². The van der Waals surface area contributed by atoms with Crippen LogP contribution in [0.1, 0.15) is 5.69 Å². The summed E-state index contributed by atoms with van der Waals surface area (Å²) in [5.74, 6) is 0.0281. The fourth-order valence-electron chi connectivity index (χ4n) is 2.07. The highest BCUT2D eigenvalue weighted by Gasteiger charge is 2.29. The van der Waals surface area contributed by atoms with E-state index in [1.165, 1.54) is 0 Å². The molecule has 0 saturated carbocycles. The highest BCUT2D eigenvalue weighted by Crippen LogP contribution is 2.21. The van der Waals surface area contributed by atoms with E-state index in [2.05, 4.69) is 35.3 Å². The van der Waals surface area contributed by atoms with Crippen LogP contribution in [0.25, 0.3) is 0 Å². The largest absolute Gasteiger partial charge is 0.454 e. The van der Waals surface area contributed by atoms with Crippen molar-refractivity contribution >= 4 is 29.2 Å². The number of benzene rings is 1. The van der Waals surface area contributed by atoms with Crippen LogP contribution in [0.4, 0.5) is 30.8 Å². The molecule has 2 heterocycles. The van der Waals surface area contributed by atoms with Gasteiger partial charge in [0, 0.05) is 16.9 Å². The van der Waals surface area contributed by atoms with E-state index < -0.39 is 18.8 Å². The van der Waals surface area contributed by atoms with Gasteiger partial charge in [0.1, 0.15) is 0 Å². The quantitative estimate of drug-likeness (QED) is 0.603. The molecule has 11 heteroatoms. The summed E-state index contributed by atoms with van der Waals surface area (Å²) in [5, 5.41) is 6.21. The van der Waals surface area contributed by atoms with Gasteiger partial charge in [0.05, 0.1) is 12.2 Å². The molecule has 2 aromatic heterocycles. The van der Waals surface area contributed by atoms with Crippen LogP contribution in [0.5, 0.6) is 6.01 Å². The lowest BCUT2D eigenvalue weighted by Crippen LogP contribution is -2.21. The number of alkyl halides is 3. The lowest BCUT2D eigenvalue weighted by atomic mass is 10.3. The first-order valence-electron chi connectivity index (χ1n) is 7.99. The summed E-state index contributed by atoms with van der Waals surface area (Å²) in [7, 11) is 0. The maximum absolute atomic E-state index is 12.5. The highest BCUT2D eigenvalue weighted by molar-refractivity contribution is 6.30. The Morgan fingerprint density at radius 2 is 1.82 bits per heavy atom. The number of hydrogen-bond acceptors (Lipinski definition) is 7. The maximum Gasteiger partial charge on any atom is 0.422 e. The lowest BCUT2D eigenvalue weighted by Gasteiger charge is -2.12. The summed E-state index contributed by atoms with van der Waals surface area (Å²) in [4.78, 5) is 16.0. The van der Waals surface area contributed by atoms with E-state index >= 15 is 0 Å². The molecule has 0 saturated heterocycles. The highest BCUT2D eigenvalue weighted by atomic mass is 35.5. The number of nitrogens with one attached hydrogen (secondary N) is 2. The van der Waals surface area contributed by atoms with E-state index in [0.29, 0.717) is 16.4 Å². The Morgan fingerprint density at radius 3 is 2.54 bits per heavy atom. The van der Waals surface area contributed by atoms with Crippen molar-refractivity contribution in [3.8, 4) is 6.01 Å². The van der Waals surface area contributed by atoms with E-state index in [-0.39, 0.29) is 18.4 Å². The predicted octanol–water partition coefficient (Wildman–Crippen LogP) is 4.22. The number of anilines is 3. The molecule has 0 spiro atoms. The van der Waals surface area contributed by atoms with Crippen molar-refractivity contribution < 1.29 is 17.9 Å². The Labute approximate surface area is 163 Å². The van der Waals surface area contributed by atoms with Crippen LogP contribution in [0.2, 0.25) is 5.02 Å². The SMILES string of the molecule is FC(F)(F)COc1nc(NCc2ccccn2)nc(Nc2cccc(Cl)c2)n1. The molecule has 0 aliphatic rings. The predicted molar refractivity (Wildman–Crippen MR) is 97.7 cm³/mol. The van der Waals surface area contributed by atoms with Crippen LogP contribution in [0.3, 0.4) is 0 Å². The Kier molecular flexibility index (Phi) is 6.09. The van der Waals surface area contributed by atoms with E-state index in [1.807, 2.05) is 0 Å². The molecule has 0 bridgehead atoms. The minimum Gasteiger partial charge on any atom is -0.454 e. The van der Waals surface area contributed by atoms with Crippen LogP contribution in [0, 0.1) is 0 Å². The number of ether oxygens (including phenoxy) is 1. The second-order valence-electron chi connectivity index (χ2n) is 5.48. The Bertz CT molecular complexity index is 926. The summed E-state index contributed by atoms with van der Waals surface area (Å²) in [6.45, 7) is -1.26. The normalized spacial score (nSPS) is 11.1. The fourth-order valence-corrected chi connectivity index (χ4v) is 2.26. The van der Waals surface area contributed by atoms with Crippen molar-refractivity contribution in [2.75, 3.05) is 17.2 Å². The summed E-state index contributed by atoms with van der Waals surface area (Å²) in [6, 6.07) is 11.6. The van der Waals surface area contributed by atoms with Gasteiger partial charge in [0.15, 0.2) is 6.61 Å². The molecule has 0 fully saturated rings. The van der Waals surface area contributed by atoms with Gasteiger partial charge in [-0.2, -0.15) is 28.1 Å². The van der Waals surface area contributed by atoms with E-state index in [9.17, 15) is 13.2 Å². The number of pyridine rings is 1. The molecule has 3 rings (SSSR count). The Balaban J connectivity index is 1.80. The summed E-state index contributed by atoms with van der Waals surface area (Å²) >= 11 is 5.93. The minimum atomic E-state index is -4.52. The second kappa shape index (κ2) is 8.70. The smallest absolute Gasteiger partial charge is 0.422 e. The average molecular weight is 411 g/mol. The molecule has 0 aliphatic heterocycles. The van der Waals surface area contributed by atoms with Gasteiger partial charge in [0.2, 0.25) is 11.9 Å². The minimum absolute atomic E-state index is 0.00189. The molecule has 0 unspecified atom stereocenters. The van der Waals surface area contributed by atoms with Crippen LogP contribution in [0.15, 0.2) is 48.7 Å². The van der Waals surface area contributed by atoms with Crippen LogP contribution in [-0.4, -0.2) is 32.7 Å². The zero-order valence-electron chi connectivity index (χ0n) is 14.2. The number of aromatic nitrogens is 4. The number of nitrogens with zero attached hydrogens (tertiary/aromatic N) is 4. The molecule has 3 aromatic rings. The molecule has 0 aliphatic carbocycles. The van der Waals surface area contributed by atoms with Gasteiger partial charge in [0.25, 0.3) is 0 Å². The Morgan fingerprint density at radius 1 is 1.00 bits per heavy atom. The average Bonchev–Trinajstić information content (AvgIpc) is 2.65. The molecule has 28 heavy (non-hydrogen) atoms. The van der Waals surface area contributed by atoms with Gasteiger partial charge >= 0.3 is 12.2 Å². The van der Waals surface area contributed by atoms with Gasteiger partial charge in [-0.1, -0.05) is 23.7 Å². The monoisotopic (exact) mass is 410 g/mol. The first kappa shape index (κ1) is 19.6. The molecular formula is C17H14ClF3N6O. The number of halogens is 4. The molecule has 1 aromatic carbocycles. The zero-order valence-corrected chi connectivity index (χ0v) is 15.0. The van der Waals surface area contributed by atoms with Gasteiger partial charge < -0.3 is 15.4 Å². The van der Waals surface area contributed by atoms with Gasteiger partial charge in [-0.05, 0) is 30.3 Å². The first-order valence-corrected chi connectivity index (χ1v) is 8.37. The fraction of sp³-hybridized carbons (Fsp3) is 0.176. The lowest BCUT2D eigenvalue weighted by molar-refractivity contribution is -0.154. The molecule has 7 nitrogen and oxygen atoms in total. The summed E-state index contributed by atoms with van der Waals surface area (Å²) in [5.41, 5.74) is 1.25. The molecular weight excluding hydrogens is 397 g/mol. The van der Waals surface area contributed by atoms with Crippen molar-refractivity contribution in [3.05, 3.63) is 59.4 Å². The third kappa shape index (κ3) is 6.23. The van der Waals surface area contributed by atoms with E-state index in [1.54, 1.807) is 48.7 Å². The molecule has 0 radical (unpaired) electrons. The van der Waals surface area contributed by atoms with Crippen molar-refractivity contribution in [3.63, 3.8) is 0 Å². The number of rotatable bonds is 7. The Hall–Kier alpha value is -3.14. The molecule has 2 N–H and O–H groups in total. The third-order valence-electron chi connectivity index (χ3n) is 3.21. The van der Waals surface area contributed by atoms with Crippen LogP contribution in [-0.2, 0) is 6.54 Å². The van der Waals surface area contributed by atoms with Gasteiger partial charge in [-0.25, -0.2) is 0 Å². The van der Waals surface area contributed by atoms with Gasteiger partial charge in [-0.15, -0.1) is 0 Å². The van der Waals surface area contributed by atoms with Crippen molar-refractivity contribution in [1.29, 1.82) is 0 Å². The molecule has 0 amide bonds. The molecule has 0 atom stereocenters. The van der Waals surface area contributed by atoms with E-state index in [0.717, 1.165) is 0 Å². The zero-order chi connectivity index (χ0) is 20.0. The standard InChI is InChI=1S/C17H14ClF3N6O/c18-11-4-3-6-12(8-11)24-15-25-14(23-9-13-5-1-2-7-22-13)26-16(27-15)28-10-17(19,20)21/h1-8H,9-10H2,(H2,23,24,25,26,27). The first-order chi connectivity index (χ1) is 13.4. The summed E-state index contributed by atoms with van der Waals surface area (Å²) in [6.07, 6.45) is -2.90. The summed E-state index contributed by atoms with van der Waals surface area (Å²) < 4.78 is 42.0. The number of hydrogen-bond donors (Lipinski definition) is 2. The molecule has 146 valence electrons. The van der Waals surface area contributed by atoms with Crippen LogP contribution < -0.4 is 15.4 Å². The topological polar surface area (TPSA) is 84.8 Å². The van der Waals surface area contributed by atoms with Crippen LogP contribution >= 0.6 is 11.6 Å². The third-order valence-corrected chi connectivity index (χ3v) is 3.45.